The summed E-state index contributed by atoms with van der Waals surface area (Å²) in [6.45, 7) is 3.74. The highest BCUT2D eigenvalue weighted by atomic mass is 32.2. The Balaban J connectivity index is 1.92. The Bertz CT molecular complexity index is 961. The molecule has 1 N–H and O–H groups in total. The van der Waals surface area contributed by atoms with Gasteiger partial charge in [-0.25, -0.2) is 13.1 Å². The molecule has 0 amide bonds. The minimum absolute atomic E-state index is 0.268. The van der Waals surface area contributed by atoms with Gasteiger partial charge in [-0.3, -0.25) is 4.68 Å². The summed E-state index contributed by atoms with van der Waals surface area (Å²) in [4.78, 5) is 0.268. The number of aromatic nitrogens is 2. The summed E-state index contributed by atoms with van der Waals surface area (Å²) in [5.74, 6) is 0. The fourth-order valence-electron chi connectivity index (χ4n) is 2.64. The Morgan fingerprint density at radius 3 is 2.48 bits per heavy atom. The smallest absolute Gasteiger partial charge is 0.241 e. The SMILES string of the molecule is Cc1c(C(C)NS(=O)(=O)c2ccc3ccccc3c2)cnn1C. The number of hydrogen-bond donors (Lipinski definition) is 1. The normalized spacial score (nSPS) is 13.3. The van der Waals surface area contributed by atoms with E-state index < -0.39 is 10.0 Å². The summed E-state index contributed by atoms with van der Waals surface area (Å²) in [7, 11) is -1.76. The van der Waals surface area contributed by atoms with Crippen LogP contribution in [-0.4, -0.2) is 18.2 Å². The second-order valence-electron chi connectivity index (χ2n) is 5.66. The molecule has 0 aliphatic heterocycles. The van der Waals surface area contributed by atoms with E-state index >= 15 is 0 Å². The quantitative estimate of drug-likeness (QED) is 0.800. The number of sulfonamides is 1. The van der Waals surface area contributed by atoms with Crippen molar-refractivity contribution in [2.75, 3.05) is 0 Å². The molecule has 0 saturated heterocycles. The third kappa shape index (κ3) is 3.00. The van der Waals surface area contributed by atoms with Gasteiger partial charge >= 0.3 is 0 Å². The third-order valence-electron chi connectivity index (χ3n) is 4.10. The molecule has 0 bridgehead atoms. The second kappa shape index (κ2) is 5.79. The maximum absolute atomic E-state index is 12.6. The number of fused-ring (bicyclic) bond motifs is 1. The number of hydrogen-bond acceptors (Lipinski definition) is 3. The van der Waals surface area contributed by atoms with E-state index in [1.807, 2.05) is 51.2 Å². The maximum Gasteiger partial charge on any atom is 0.241 e. The molecule has 1 aromatic heterocycles. The highest BCUT2D eigenvalue weighted by Gasteiger charge is 2.21. The summed E-state index contributed by atoms with van der Waals surface area (Å²) >= 11 is 0. The van der Waals surface area contributed by atoms with Gasteiger partial charge in [-0.15, -0.1) is 0 Å². The Morgan fingerprint density at radius 2 is 1.83 bits per heavy atom. The topological polar surface area (TPSA) is 64.0 Å². The first-order valence-corrected chi connectivity index (χ1v) is 8.86. The van der Waals surface area contributed by atoms with Crippen LogP contribution in [0.4, 0.5) is 0 Å². The number of aryl methyl sites for hydroxylation is 1. The fraction of sp³-hybridized carbons (Fsp3) is 0.235. The van der Waals surface area contributed by atoms with E-state index in [4.69, 9.17) is 0 Å². The van der Waals surface area contributed by atoms with Crippen LogP contribution in [0, 0.1) is 6.92 Å². The molecule has 23 heavy (non-hydrogen) atoms. The third-order valence-corrected chi connectivity index (χ3v) is 5.64. The molecule has 6 heteroatoms. The Kier molecular flexibility index (Phi) is 3.95. The van der Waals surface area contributed by atoms with E-state index in [2.05, 4.69) is 9.82 Å². The first kappa shape index (κ1) is 15.7. The Morgan fingerprint density at radius 1 is 1.13 bits per heavy atom. The first-order chi connectivity index (χ1) is 10.9. The van der Waals surface area contributed by atoms with Gasteiger partial charge in [0, 0.05) is 24.3 Å². The molecule has 0 saturated carbocycles. The van der Waals surface area contributed by atoms with Crippen LogP contribution in [0.2, 0.25) is 0 Å². The molecule has 3 rings (SSSR count). The zero-order valence-corrected chi connectivity index (χ0v) is 14.1. The van der Waals surface area contributed by atoms with Gasteiger partial charge in [-0.2, -0.15) is 5.10 Å². The van der Waals surface area contributed by atoms with Crippen LogP contribution in [0.1, 0.15) is 24.2 Å². The van der Waals surface area contributed by atoms with Crippen molar-refractivity contribution < 1.29 is 8.42 Å². The van der Waals surface area contributed by atoms with Crippen molar-refractivity contribution in [2.24, 2.45) is 7.05 Å². The fourth-order valence-corrected chi connectivity index (χ4v) is 3.90. The van der Waals surface area contributed by atoms with Gasteiger partial charge in [0.15, 0.2) is 0 Å². The van der Waals surface area contributed by atoms with Crippen molar-refractivity contribution in [1.82, 2.24) is 14.5 Å². The van der Waals surface area contributed by atoms with Crippen LogP contribution >= 0.6 is 0 Å². The standard InChI is InChI=1S/C17H19N3O2S/c1-12(17-11-18-20(3)13(17)2)19-23(21,22)16-9-8-14-6-4-5-7-15(14)10-16/h4-12,19H,1-3H3. The highest BCUT2D eigenvalue weighted by molar-refractivity contribution is 7.89. The molecule has 0 radical (unpaired) electrons. The molecular weight excluding hydrogens is 310 g/mol. The van der Waals surface area contributed by atoms with Crippen LogP contribution in [0.25, 0.3) is 10.8 Å². The van der Waals surface area contributed by atoms with E-state index in [9.17, 15) is 8.42 Å². The average molecular weight is 329 g/mol. The van der Waals surface area contributed by atoms with Gasteiger partial charge in [0.1, 0.15) is 0 Å². The molecule has 0 fully saturated rings. The monoisotopic (exact) mass is 329 g/mol. The minimum atomic E-state index is -3.59. The molecule has 120 valence electrons. The van der Waals surface area contributed by atoms with Crippen molar-refractivity contribution in [3.8, 4) is 0 Å². The van der Waals surface area contributed by atoms with Gasteiger partial charge in [-0.1, -0.05) is 30.3 Å². The zero-order valence-electron chi connectivity index (χ0n) is 13.3. The van der Waals surface area contributed by atoms with Gasteiger partial charge in [0.2, 0.25) is 10.0 Å². The predicted octanol–water partition coefficient (Wildman–Crippen LogP) is 2.92. The van der Waals surface area contributed by atoms with Gasteiger partial charge in [0.05, 0.1) is 11.1 Å². The van der Waals surface area contributed by atoms with Crippen molar-refractivity contribution in [1.29, 1.82) is 0 Å². The summed E-state index contributed by atoms with van der Waals surface area (Å²) in [5.41, 5.74) is 1.82. The van der Waals surface area contributed by atoms with Crippen molar-refractivity contribution >= 4 is 20.8 Å². The van der Waals surface area contributed by atoms with Crippen LogP contribution in [0.15, 0.2) is 53.6 Å². The minimum Gasteiger partial charge on any atom is -0.273 e. The van der Waals surface area contributed by atoms with Crippen molar-refractivity contribution in [3.05, 3.63) is 59.9 Å². The molecule has 1 atom stereocenters. The summed E-state index contributed by atoms with van der Waals surface area (Å²) < 4.78 is 29.7. The Labute approximate surface area is 136 Å². The van der Waals surface area contributed by atoms with Gasteiger partial charge in [0.25, 0.3) is 0 Å². The molecule has 1 heterocycles. The summed E-state index contributed by atoms with van der Waals surface area (Å²) in [5, 5.41) is 6.08. The summed E-state index contributed by atoms with van der Waals surface area (Å²) in [6.07, 6.45) is 1.70. The molecule has 0 spiro atoms. The lowest BCUT2D eigenvalue weighted by Crippen LogP contribution is -2.27. The average Bonchev–Trinajstić information content (AvgIpc) is 2.86. The van der Waals surface area contributed by atoms with Crippen LogP contribution < -0.4 is 4.72 Å². The van der Waals surface area contributed by atoms with Crippen LogP contribution in [0.3, 0.4) is 0 Å². The number of benzene rings is 2. The van der Waals surface area contributed by atoms with Crippen LogP contribution in [-0.2, 0) is 17.1 Å². The molecule has 0 aliphatic carbocycles. The lowest BCUT2D eigenvalue weighted by Gasteiger charge is -2.14. The lowest BCUT2D eigenvalue weighted by molar-refractivity contribution is 0.566. The van der Waals surface area contributed by atoms with E-state index in [1.165, 1.54) is 0 Å². The van der Waals surface area contributed by atoms with Gasteiger partial charge in [-0.05, 0) is 36.8 Å². The van der Waals surface area contributed by atoms with E-state index in [0.717, 1.165) is 22.0 Å². The molecular formula is C17H19N3O2S. The van der Waals surface area contributed by atoms with Crippen molar-refractivity contribution in [3.63, 3.8) is 0 Å². The molecule has 1 unspecified atom stereocenters. The molecule has 3 aromatic rings. The van der Waals surface area contributed by atoms with E-state index in [-0.39, 0.29) is 10.9 Å². The van der Waals surface area contributed by atoms with Crippen molar-refractivity contribution in [2.45, 2.75) is 24.8 Å². The number of rotatable bonds is 4. The predicted molar refractivity (Wildman–Crippen MR) is 90.6 cm³/mol. The number of nitrogens with zero attached hydrogens (tertiary/aromatic N) is 2. The largest absolute Gasteiger partial charge is 0.273 e. The molecule has 5 nitrogen and oxygen atoms in total. The lowest BCUT2D eigenvalue weighted by atomic mass is 10.1. The zero-order chi connectivity index (χ0) is 16.6. The summed E-state index contributed by atoms with van der Waals surface area (Å²) in [6, 6.07) is 12.5. The highest BCUT2D eigenvalue weighted by Crippen LogP contribution is 2.22. The van der Waals surface area contributed by atoms with Gasteiger partial charge < -0.3 is 0 Å². The Hall–Kier alpha value is -2.18. The first-order valence-electron chi connectivity index (χ1n) is 7.38. The molecule has 2 aromatic carbocycles. The number of nitrogens with one attached hydrogen (secondary N) is 1. The van der Waals surface area contributed by atoms with E-state index in [0.29, 0.717) is 0 Å². The van der Waals surface area contributed by atoms with Crippen LogP contribution in [0.5, 0.6) is 0 Å². The molecule has 0 aliphatic rings. The van der Waals surface area contributed by atoms with E-state index in [1.54, 1.807) is 23.0 Å². The maximum atomic E-state index is 12.6. The second-order valence-corrected chi connectivity index (χ2v) is 7.37.